The van der Waals surface area contributed by atoms with E-state index < -0.39 is 0 Å². The second-order valence-corrected chi connectivity index (χ2v) is 6.71. The van der Waals surface area contributed by atoms with Gasteiger partial charge >= 0.3 is 0 Å². The molecule has 0 radical (unpaired) electrons. The summed E-state index contributed by atoms with van der Waals surface area (Å²) in [6.07, 6.45) is 4.96. The molecule has 1 amide bonds. The number of nitrogens with one attached hydrogen (secondary N) is 1. The van der Waals surface area contributed by atoms with Crippen LogP contribution < -0.4 is 14.8 Å². The second-order valence-electron chi connectivity index (χ2n) is 5.68. The molecule has 25 heavy (non-hydrogen) atoms. The van der Waals surface area contributed by atoms with Gasteiger partial charge in [0.25, 0.3) is 5.91 Å². The van der Waals surface area contributed by atoms with Crippen LogP contribution >= 0.6 is 11.3 Å². The summed E-state index contributed by atoms with van der Waals surface area (Å²) in [4.78, 5) is 21.1. The quantitative estimate of drug-likeness (QED) is 0.776. The highest BCUT2D eigenvalue weighted by Crippen LogP contribution is 2.37. The first kappa shape index (κ1) is 15.8. The Labute approximate surface area is 148 Å². The molecule has 128 valence electrons. The van der Waals surface area contributed by atoms with Gasteiger partial charge in [0.05, 0.1) is 23.4 Å². The molecule has 2 aromatic heterocycles. The molecule has 0 unspecified atom stereocenters. The van der Waals surface area contributed by atoms with E-state index in [2.05, 4.69) is 15.3 Å². The molecule has 0 saturated heterocycles. The Balaban J connectivity index is 1.63. The predicted molar refractivity (Wildman–Crippen MR) is 96.8 cm³/mol. The third-order valence-corrected chi connectivity index (χ3v) is 4.94. The van der Waals surface area contributed by atoms with Crippen LogP contribution in [0.2, 0.25) is 0 Å². The average Bonchev–Trinajstić information content (AvgIpc) is 2.86. The number of carbonyl (C=O) groups is 1. The van der Waals surface area contributed by atoms with Crippen molar-refractivity contribution >= 4 is 32.6 Å². The molecular formula is C18H17N3O3S. The van der Waals surface area contributed by atoms with Crippen molar-refractivity contribution in [2.24, 2.45) is 0 Å². The zero-order valence-electron chi connectivity index (χ0n) is 13.7. The Morgan fingerprint density at radius 2 is 2.08 bits per heavy atom. The van der Waals surface area contributed by atoms with E-state index in [1.54, 1.807) is 18.5 Å². The van der Waals surface area contributed by atoms with Gasteiger partial charge in [0.2, 0.25) is 0 Å². The minimum absolute atomic E-state index is 0.174. The zero-order chi connectivity index (χ0) is 17.2. The number of fused-ring (bicyclic) bond motifs is 2. The Kier molecular flexibility index (Phi) is 4.23. The van der Waals surface area contributed by atoms with Crippen LogP contribution in [0.25, 0.3) is 10.2 Å². The highest BCUT2D eigenvalue weighted by molar-refractivity contribution is 7.22. The van der Waals surface area contributed by atoms with Crippen molar-refractivity contribution in [3.63, 3.8) is 0 Å². The van der Waals surface area contributed by atoms with Gasteiger partial charge in [-0.1, -0.05) is 18.3 Å². The van der Waals surface area contributed by atoms with Gasteiger partial charge in [-0.05, 0) is 18.1 Å². The number of ether oxygens (including phenoxy) is 2. The molecule has 7 heteroatoms. The summed E-state index contributed by atoms with van der Waals surface area (Å²) in [5.74, 6) is 1.26. The van der Waals surface area contributed by atoms with Gasteiger partial charge in [-0.25, -0.2) is 4.98 Å². The van der Waals surface area contributed by atoms with E-state index in [1.807, 2.05) is 19.1 Å². The number of benzene rings is 1. The van der Waals surface area contributed by atoms with Crippen LogP contribution in [-0.4, -0.2) is 29.1 Å². The minimum atomic E-state index is -0.174. The molecule has 1 aromatic carbocycles. The van der Waals surface area contributed by atoms with Crippen molar-refractivity contribution in [2.45, 2.75) is 19.8 Å². The number of amides is 1. The molecule has 6 nitrogen and oxygen atoms in total. The second kappa shape index (κ2) is 6.68. The number of rotatable bonds is 3. The van der Waals surface area contributed by atoms with Crippen molar-refractivity contribution in [3.05, 3.63) is 41.7 Å². The topological polar surface area (TPSA) is 73.3 Å². The van der Waals surface area contributed by atoms with Gasteiger partial charge in [-0.15, -0.1) is 0 Å². The Bertz CT molecular complexity index is 895. The van der Waals surface area contributed by atoms with E-state index in [-0.39, 0.29) is 5.91 Å². The molecule has 3 heterocycles. The number of aromatic nitrogens is 2. The molecule has 0 aliphatic carbocycles. The Hall–Kier alpha value is -2.67. The van der Waals surface area contributed by atoms with E-state index in [1.165, 1.54) is 11.3 Å². The highest BCUT2D eigenvalue weighted by Gasteiger charge is 2.16. The summed E-state index contributed by atoms with van der Waals surface area (Å²) in [6.45, 7) is 3.27. The van der Waals surface area contributed by atoms with Gasteiger partial charge in [0, 0.05) is 36.5 Å². The number of carbonyl (C=O) groups excluding carboxylic acids is 1. The summed E-state index contributed by atoms with van der Waals surface area (Å²) in [5, 5.41) is 3.44. The van der Waals surface area contributed by atoms with Crippen molar-refractivity contribution in [2.75, 3.05) is 18.5 Å². The minimum Gasteiger partial charge on any atom is -0.490 e. The van der Waals surface area contributed by atoms with E-state index in [0.29, 0.717) is 29.7 Å². The fourth-order valence-corrected chi connectivity index (χ4v) is 3.60. The molecule has 1 aliphatic heterocycles. The highest BCUT2D eigenvalue weighted by atomic mass is 32.1. The first-order valence-electron chi connectivity index (χ1n) is 8.19. The summed E-state index contributed by atoms with van der Waals surface area (Å²) in [6, 6.07) is 5.52. The lowest BCUT2D eigenvalue weighted by atomic mass is 10.1. The lowest BCUT2D eigenvalue weighted by Gasteiger charge is -2.05. The summed E-state index contributed by atoms with van der Waals surface area (Å²) in [7, 11) is 0. The normalized spacial score (nSPS) is 13.5. The summed E-state index contributed by atoms with van der Waals surface area (Å²) < 4.78 is 12.3. The number of pyridine rings is 1. The lowest BCUT2D eigenvalue weighted by molar-refractivity contribution is 0.102. The van der Waals surface area contributed by atoms with Crippen LogP contribution in [0.3, 0.4) is 0 Å². The number of nitrogens with zero attached hydrogens (tertiary/aromatic N) is 2. The number of aryl methyl sites for hydroxylation is 1. The van der Waals surface area contributed by atoms with Gasteiger partial charge in [-0.3, -0.25) is 15.1 Å². The van der Waals surface area contributed by atoms with Crippen LogP contribution in [0.5, 0.6) is 11.5 Å². The van der Waals surface area contributed by atoms with E-state index in [4.69, 9.17) is 9.47 Å². The van der Waals surface area contributed by atoms with Crippen LogP contribution in [0.4, 0.5) is 5.13 Å². The third kappa shape index (κ3) is 3.15. The van der Waals surface area contributed by atoms with Crippen molar-refractivity contribution in [3.8, 4) is 11.5 Å². The smallest absolute Gasteiger partial charge is 0.257 e. The van der Waals surface area contributed by atoms with Crippen molar-refractivity contribution in [1.29, 1.82) is 0 Å². The van der Waals surface area contributed by atoms with Crippen LogP contribution in [0, 0.1) is 0 Å². The monoisotopic (exact) mass is 355 g/mol. The summed E-state index contributed by atoms with van der Waals surface area (Å²) >= 11 is 1.42. The predicted octanol–water partition coefficient (Wildman–Crippen LogP) is 3.67. The Morgan fingerprint density at radius 1 is 1.28 bits per heavy atom. The van der Waals surface area contributed by atoms with E-state index in [9.17, 15) is 4.79 Å². The number of thiazole rings is 1. The van der Waals surface area contributed by atoms with Gasteiger partial charge < -0.3 is 9.47 Å². The maximum Gasteiger partial charge on any atom is 0.257 e. The number of anilines is 1. The fraction of sp³-hybridized carbons (Fsp3) is 0.278. The van der Waals surface area contributed by atoms with Crippen molar-refractivity contribution in [1.82, 2.24) is 9.97 Å². The SMILES string of the molecule is CCc1cnccc1C(=O)Nc1nc2cc3c(cc2s1)OCCCO3. The van der Waals surface area contributed by atoms with Gasteiger partial charge in [-0.2, -0.15) is 0 Å². The van der Waals surface area contributed by atoms with Crippen LogP contribution in [0.1, 0.15) is 29.3 Å². The number of hydrogen-bond acceptors (Lipinski definition) is 6. The molecular weight excluding hydrogens is 338 g/mol. The molecule has 3 aromatic rings. The molecule has 1 N–H and O–H groups in total. The van der Waals surface area contributed by atoms with Crippen LogP contribution in [0.15, 0.2) is 30.6 Å². The largest absolute Gasteiger partial charge is 0.490 e. The molecule has 0 bridgehead atoms. The average molecular weight is 355 g/mol. The fourth-order valence-electron chi connectivity index (χ4n) is 2.73. The molecule has 1 aliphatic rings. The molecule has 0 fully saturated rings. The number of hydrogen-bond donors (Lipinski definition) is 1. The maximum atomic E-state index is 12.6. The first-order chi connectivity index (χ1) is 12.2. The van der Waals surface area contributed by atoms with Gasteiger partial charge in [0.1, 0.15) is 0 Å². The van der Waals surface area contributed by atoms with E-state index >= 15 is 0 Å². The van der Waals surface area contributed by atoms with Crippen molar-refractivity contribution < 1.29 is 14.3 Å². The van der Waals surface area contributed by atoms with E-state index in [0.717, 1.165) is 34.4 Å². The summed E-state index contributed by atoms with van der Waals surface area (Å²) in [5.41, 5.74) is 2.32. The first-order valence-corrected chi connectivity index (χ1v) is 9.00. The standard InChI is InChI=1S/C18H17N3O3S/c1-2-11-10-19-5-4-12(11)17(22)21-18-20-13-8-14-15(9-16(13)25-18)24-7-3-6-23-14/h4-5,8-10H,2-3,6-7H2,1H3,(H,20,21,22). The zero-order valence-corrected chi connectivity index (χ0v) is 14.6. The Morgan fingerprint density at radius 3 is 2.88 bits per heavy atom. The third-order valence-electron chi connectivity index (χ3n) is 4.01. The molecule has 0 spiro atoms. The molecule has 0 saturated carbocycles. The molecule has 0 atom stereocenters. The van der Waals surface area contributed by atoms with Crippen LogP contribution in [-0.2, 0) is 6.42 Å². The lowest BCUT2D eigenvalue weighted by Crippen LogP contribution is -2.14. The molecule has 4 rings (SSSR count). The van der Waals surface area contributed by atoms with Gasteiger partial charge in [0.15, 0.2) is 16.6 Å². The maximum absolute atomic E-state index is 12.6.